The molecule has 0 fully saturated rings. The fraction of sp³-hybridized carbons (Fsp3) is 0.0667. The van der Waals surface area contributed by atoms with E-state index in [4.69, 9.17) is 5.41 Å². The third-order valence-corrected chi connectivity index (χ3v) is 2.50. The molecule has 2 heteroatoms. The molecule has 2 rings (SSSR count). The Morgan fingerprint density at radius 1 is 1.00 bits per heavy atom. The summed E-state index contributed by atoms with van der Waals surface area (Å²) >= 11 is 0. The van der Waals surface area contributed by atoms with Gasteiger partial charge in [0.15, 0.2) is 0 Å². The van der Waals surface area contributed by atoms with Crippen molar-refractivity contribution < 1.29 is 0 Å². The number of hydrogen-bond donors (Lipinski definition) is 1. The Bertz CT molecular complexity index is 542. The average molecular weight is 222 g/mol. The standard InChI is InChI=1S/C15H14N2/c1-2-17-14-11-7-6-10-13(14)15(16)12-8-4-3-5-9-12/h2-11,16H,1H3/b16-15?,17-2-. The average Bonchev–Trinajstić information content (AvgIpc) is 2.40. The van der Waals surface area contributed by atoms with Gasteiger partial charge in [-0.15, -0.1) is 0 Å². The first-order valence-electron chi connectivity index (χ1n) is 5.55. The second kappa shape index (κ2) is 5.21. The van der Waals surface area contributed by atoms with Crippen LogP contribution in [-0.2, 0) is 0 Å². The van der Waals surface area contributed by atoms with E-state index < -0.39 is 0 Å². The van der Waals surface area contributed by atoms with Crippen LogP contribution in [0.4, 0.5) is 5.69 Å². The Morgan fingerprint density at radius 3 is 2.35 bits per heavy atom. The summed E-state index contributed by atoms with van der Waals surface area (Å²) in [7, 11) is 0. The Morgan fingerprint density at radius 2 is 1.65 bits per heavy atom. The molecular weight excluding hydrogens is 208 g/mol. The summed E-state index contributed by atoms with van der Waals surface area (Å²) in [5, 5.41) is 8.22. The highest BCUT2D eigenvalue weighted by atomic mass is 14.7. The van der Waals surface area contributed by atoms with E-state index in [0.717, 1.165) is 16.8 Å². The third kappa shape index (κ3) is 2.48. The first-order valence-corrected chi connectivity index (χ1v) is 5.55. The van der Waals surface area contributed by atoms with E-state index in [1.807, 2.05) is 61.5 Å². The molecule has 2 aromatic rings. The molecule has 2 aromatic carbocycles. The summed E-state index contributed by atoms with van der Waals surface area (Å²) < 4.78 is 0. The molecule has 0 amide bonds. The number of aliphatic imine (C=N–C) groups is 1. The smallest absolute Gasteiger partial charge is 0.0719 e. The monoisotopic (exact) mass is 222 g/mol. The molecule has 0 bridgehead atoms. The molecular formula is C15H14N2. The van der Waals surface area contributed by atoms with Crippen molar-refractivity contribution in [3.8, 4) is 0 Å². The van der Waals surface area contributed by atoms with Crippen LogP contribution in [0.2, 0.25) is 0 Å². The molecule has 0 radical (unpaired) electrons. The van der Waals surface area contributed by atoms with E-state index in [0.29, 0.717) is 5.71 Å². The zero-order valence-corrected chi connectivity index (χ0v) is 9.72. The fourth-order valence-electron chi connectivity index (χ4n) is 1.70. The molecule has 0 aromatic heterocycles. The van der Waals surface area contributed by atoms with Crippen molar-refractivity contribution in [1.29, 1.82) is 5.41 Å². The number of hydrogen-bond acceptors (Lipinski definition) is 2. The maximum absolute atomic E-state index is 8.22. The zero-order valence-electron chi connectivity index (χ0n) is 9.72. The van der Waals surface area contributed by atoms with Crippen molar-refractivity contribution in [2.24, 2.45) is 4.99 Å². The minimum absolute atomic E-state index is 0.506. The summed E-state index contributed by atoms with van der Waals surface area (Å²) in [5.74, 6) is 0. The van der Waals surface area contributed by atoms with Crippen LogP contribution in [0.5, 0.6) is 0 Å². The van der Waals surface area contributed by atoms with Gasteiger partial charge in [-0.05, 0) is 13.0 Å². The topological polar surface area (TPSA) is 36.2 Å². The molecule has 84 valence electrons. The van der Waals surface area contributed by atoms with Gasteiger partial charge in [-0.25, -0.2) is 0 Å². The number of para-hydroxylation sites is 1. The number of nitrogens with one attached hydrogen (secondary N) is 1. The zero-order chi connectivity index (χ0) is 12.1. The van der Waals surface area contributed by atoms with Crippen LogP contribution in [0.3, 0.4) is 0 Å². The van der Waals surface area contributed by atoms with E-state index in [1.165, 1.54) is 0 Å². The van der Waals surface area contributed by atoms with Gasteiger partial charge in [-0.3, -0.25) is 10.4 Å². The molecule has 0 heterocycles. The van der Waals surface area contributed by atoms with Gasteiger partial charge in [0.2, 0.25) is 0 Å². The van der Waals surface area contributed by atoms with Crippen molar-refractivity contribution >= 4 is 17.6 Å². The molecule has 0 aliphatic rings. The Kier molecular flexibility index (Phi) is 3.46. The molecule has 0 unspecified atom stereocenters. The number of rotatable bonds is 3. The van der Waals surface area contributed by atoms with Gasteiger partial charge < -0.3 is 0 Å². The van der Waals surface area contributed by atoms with Crippen molar-refractivity contribution in [3.05, 3.63) is 65.7 Å². The fourth-order valence-corrected chi connectivity index (χ4v) is 1.70. The molecule has 0 saturated carbocycles. The van der Waals surface area contributed by atoms with Gasteiger partial charge in [0.1, 0.15) is 0 Å². The van der Waals surface area contributed by atoms with Gasteiger partial charge in [0.05, 0.1) is 11.4 Å². The first-order chi connectivity index (χ1) is 8.33. The molecule has 0 spiro atoms. The minimum atomic E-state index is 0.506. The summed E-state index contributed by atoms with van der Waals surface area (Å²) in [4.78, 5) is 4.29. The van der Waals surface area contributed by atoms with Crippen LogP contribution in [0, 0.1) is 5.41 Å². The minimum Gasteiger partial charge on any atom is -0.300 e. The number of nitrogens with zero attached hydrogens (tertiary/aromatic N) is 1. The quantitative estimate of drug-likeness (QED) is 0.766. The van der Waals surface area contributed by atoms with Crippen molar-refractivity contribution in [3.63, 3.8) is 0 Å². The van der Waals surface area contributed by atoms with Crippen LogP contribution >= 0.6 is 0 Å². The van der Waals surface area contributed by atoms with Crippen LogP contribution in [-0.4, -0.2) is 11.9 Å². The van der Waals surface area contributed by atoms with Crippen LogP contribution in [0.25, 0.3) is 0 Å². The van der Waals surface area contributed by atoms with E-state index in [9.17, 15) is 0 Å². The lowest BCUT2D eigenvalue weighted by Gasteiger charge is -2.07. The Labute approximate surface area is 101 Å². The molecule has 0 atom stereocenters. The van der Waals surface area contributed by atoms with E-state index in [-0.39, 0.29) is 0 Å². The van der Waals surface area contributed by atoms with Gasteiger partial charge in [-0.2, -0.15) is 0 Å². The molecule has 0 saturated heterocycles. The Hall–Kier alpha value is -2.22. The third-order valence-electron chi connectivity index (χ3n) is 2.50. The predicted molar refractivity (Wildman–Crippen MR) is 72.6 cm³/mol. The lowest BCUT2D eigenvalue weighted by molar-refractivity contribution is 1.43. The normalized spacial score (nSPS) is 10.6. The van der Waals surface area contributed by atoms with Crippen molar-refractivity contribution in [2.45, 2.75) is 6.92 Å². The molecule has 1 N–H and O–H groups in total. The second-order valence-electron chi connectivity index (χ2n) is 3.65. The lowest BCUT2D eigenvalue weighted by atomic mass is 10.0. The van der Waals surface area contributed by atoms with Crippen LogP contribution in [0.1, 0.15) is 18.1 Å². The number of benzene rings is 2. The van der Waals surface area contributed by atoms with Gasteiger partial charge >= 0.3 is 0 Å². The van der Waals surface area contributed by atoms with Crippen LogP contribution < -0.4 is 0 Å². The molecule has 17 heavy (non-hydrogen) atoms. The Balaban J connectivity index is 2.44. The highest BCUT2D eigenvalue weighted by Crippen LogP contribution is 2.21. The van der Waals surface area contributed by atoms with E-state index in [1.54, 1.807) is 6.21 Å². The predicted octanol–water partition coefficient (Wildman–Crippen LogP) is 3.82. The molecule has 0 aliphatic carbocycles. The maximum Gasteiger partial charge on any atom is 0.0719 e. The first kappa shape index (κ1) is 11.3. The molecule has 2 nitrogen and oxygen atoms in total. The summed E-state index contributed by atoms with van der Waals surface area (Å²) in [6.45, 7) is 1.88. The van der Waals surface area contributed by atoms with Crippen LogP contribution in [0.15, 0.2) is 59.6 Å². The summed E-state index contributed by atoms with van der Waals surface area (Å²) in [5.41, 5.74) is 3.11. The lowest BCUT2D eigenvalue weighted by Crippen LogP contribution is -2.01. The summed E-state index contributed by atoms with van der Waals surface area (Å²) in [6, 6.07) is 17.4. The van der Waals surface area contributed by atoms with Gasteiger partial charge in [-0.1, -0.05) is 48.5 Å². The largest absolute Gasteiger partial charge is 0.300 e. The van der Waals surface area contributed by atoms with Gasteiger partial charge in [0.25, 0.3) is 0 Å². The van der Waals surface area contributed by atoms with Crippen molar-refractivity contribution in [2.75, 3.05) is 0 Å². The molecule has 0 aliphatic heterocycles. The van der Waals surface area contributed by atoms with Gasteiger partial charge in [0, 0.05) is 17.3 Å². The highest BCUT2D eigenvalue weighted by molar-refractivity contribution is 6.13. The van der Waals surface area contributed by atoms with E-state index in [2.05, 4.69) is 4.99 Å². The highest BCUT2D eigenvalue weighted by Gasteiger charge is 2.07. The SMILES string of the molecule is C/C=N\c1ccccc1C(=N)c1ccccc1. The second-order valence-corrected chi connectivity index (χ2v) is 3.65. The van der Waals surface area contributed by atoms with Crippen molar-refractivity contribution in [1.82, 2.24) is 0 Å². The summed E-state index contributed by atoms with van der Waals surface area (Å²) in [6.07, 6.45) is 1.75. The maximum atomic E-state index is 8.22. The van der Waals surface area contributed by atoms with E-state index >= 15 is 0 Å².